The molecule has 1 amide bonds. The van der Waals surface area contributed by atoms with Gasteiger partial charge in [-0.05, 0) is 39.5 Å². The van der Waals surface area contributed by atoms with Crippen LogP contribution in [0.3, 0.4) is 0 Å². The normalized spacial score (nSPS) is 22.6. The Kier molecular flexibility index (Phi) is 5.67. The van der Waals surface area contributed by atoms with E-state index in [0.717, 1.165) is 36.7 Å². The number of piperidine rings is 1. The van der Waals surface area contributed by atoms with Crippen LogP contribution in [0.2, 0.25) is 0 Å². The van der Waals surface area contributed by atoms with E-state index in [0.29, 0.717) is 17.8 Å². The zero-order valence-electron chi connectivity index (χ0n) is 13.5. The van der Waals surface area contributed by atoms with Crippen molar-refractivity contribution < 1.29 is 4.79 Å². The van der Waals surface area contributed by atoms with E-state index in [4.69, 9.17) is 0 Å². The molecule has 1 aliphatic rings. The fourth-order valence-corrected chi connectivity index (χ4v) is 3.83. The molecule has 1 aromatic heterocycles. The standard InChI is InChI=1S/C15H26N4OS/c1-5-7-13-16-17-15(18(13)4)21-10-14(20)19-11(2)8-6-9-12(19)3/h11-12H,5-10H2,1-4H3/t11-,12-/m1/s1. The van der Waals surface area contributed by atoms with E-state index in [2.05, 4.69) is 35.9 Å². The average Bonchev–Trinajstić information content (AvgIpc) is 2.78. The quantitative estimate of drug-likeness (QED) is 0.785. The molecule has 118 valence electrons. The second-order valence-corrected chi connectivity index (χ2v) is 6.87. The molecule has 1 saturated heterocycles. The minimum absolute atomic E-state index is 0.222. The monoisotopic (exact) mass is 310 g/mol. The van der Waals surface area contributed by atoms with Crippen LogP contribution in [0.25, 0.3) is 0 Å². The number of aromatic nitrogens is 3. The first-order valence-corrected chi connectivity index (χ1v) is 8.85. The number of hydrogen-bond acceptors (Lipinski definition) is 4. The summed E-state index contributed by atoms with van der Waals surface area (Å²) in [5.41, 5.74) is 0. The summed E-state index contributed by atoms with van der Waals surface area (Å²) in [6, 6.07) is 0.717. The number of rotatable bonds is 5. The maximum Gasteiger partial charge on any atom is 0.233 e. The van der Waals surface area contributed by atoms with E-state index >= 15 is 0 Å². The number of carbonyl (C=O) groups is 1. The first kappa shape index (κ1) is 16.3. The summed E-state index contributed by atoms with van der Waals surface area (Å²) >= 11 is 1.50. The zero-order valence-corrected chi connectivity index (χ0v) is 14.3. The van der Waals surface area contributed by atoms with Gasteiger partial charge in [-0.2, -0.15) is 0 Å². The SMILES string of the molecule is CCCc1nnc(SCC(=O)N2[C@H](C)CCC[C@H]2C)n1C. The molecule has 0 aromatic carbocycles. The Morgan fingerprint density at radius 2 is 1.95 bits per heavy atom. The summed E-state index contributed by atoms with van der Waals surface area (Å²) in [4.78, 5) is 14.5. The van der Waals surface area contributed by atoms with Crippen molar-refractivity contribution in [3.8, 4) is 0 Å². The number of aryl methyl sites for hydroxylation is 1. The Balaban J connectivity index is 1.94. The van der Waals surface area contributed by atoms with E-state index in [1.807, 2.05) is 11.6 Å². The summed E-state index contributed by atoms with van der Waals surface area (Å²) in [6.07, 6.45) is 5.44. The van der Waals surface area contributed by atoms with Crippen LogP contribution in [0.5, 0.6) is 0 Å². The van der Waals surface area contributed by atoms with Crippen LogP contribution in [-0.2, 0) is 18.3 Å². The van der Waals surface area contributed by atoms with Gasteiger partial charge in [0.25, 0.3) is 0 Å². The Hall–Kier alpha value is -1.04. The van der Waals surface area contributed by atoms with Crippen molar-refractivity contribution in [1.82, 2.24) is 19.7 Å². The Labute approximate surface area is 131 Å². The van der Waals surface area contributed by atoms with Gasteiger partial charge in [0.15, 0.2) is 5.16 Å². The average molecular weight is 310 g/mol. The van der Waals surface area contributed by atoms with Gasteiger partial charge in [-0.15, -0.1) is 10.2 Å². The lowest BCUT2D eigenvalue weighted by Gasteiger charge is -2.39. The molecule has 1 aromatic rings. The smallest absolute Gasteiger partial charge is 0.233 e. The van der Waals surface area contributed by atoms with E-state index in [9.17, 15) is 4.79 Å². The molecule has 5 nitrogen and oxygen atoms in total. The molecular weight excluding hydrogens is 284 g/mol. The van der Waals surface area contributed by atoms with Crippen LogP contribution in [0.1, 0.15) is 52.3 Å². The van der Waals surface area contributed by atoms with Crippen LogP contribution in [0, 0.1) is 0 Å². The first-order valence-electron chi connectivity index (χ1n) is 7.86. The van der Waals surface area contributed by atoms with Gasteiger partial charge in [-0.3, -0.25) is 4.79 Å². The second kappa shape index (κ2) is 7.29. The van der Waals surface area contributed by atoms with Gasteiger partial charge >= 0.3 is 0 Å². The summed E-state index contributed by atoms with van der Waals surface area (Å²) in [6.45, 7) is 6.43. The molecule has 0 saturated carbocycles. The molecule has 0 radical (unpaired) electrons. The van der Waals surface area contributed by atoms with Crippen LogP contribution >= 0.6 is 11.8 Å². The number of carbonyl (C=O) groups excluding carboxylic acids is 1. The highest BCUT2D eigenvalue weighted by Gasteiger charge is 2.28. The maximum atomic E-state index is 12.5. The molecule has 0 unspecified atom stereocenters. The molecule has 2 heterocycles. The molecule has 2 atom stereocenters. The molecule has 6 heteroatoms. The van der Waals surface area contributed by atoms with Crippen LogP contribution in [-0.4, -0.2) is 43.4 Å². The minimum atomic E-state index is 0.222. The fraction of sp³-hybridized carbons (Fsp3) is 0.800. The van der Waals surface area contributed by atoms with Crippen LogP contribution in [0.4, 0.5) is 0 Å². The largest absolute Gasteiger partial charge is 0.337 e. The molecule has 0 aliphatic carbocycles. The summed E-state index contributed by atoms with van der Waals surface area (Å²) in [5, 5.41) is 9.22. The number of hydrogen-bond donors (Lipinski definition) is 0. The number of likely N-dealkylation sites (tertiary alicyclic amines) is 1. The number of nitrogens with zero attached hydrogens (tertiary/aromatic N) is 4. The van der Waals surface area contributed by atoms with Crippen molar-refractivity contribution >= 4 is 17.7 Å². The predicted octanol–water partition coefficient (Wildman–Crippen LogP) is 2.65. The lowest BCUT2D eigenvalue weighted by Crippen LogP contribution is -2.48. The number of amides is 1. The minimum Gasteiger partial charge on any atom is -0.337 e. The Morgan fingerprint density at radius 3 is 2.57 bits per heavy atom. The highest BCUT2D eigenvalue weighted by Crippen LogP contribution is 2.25. The van der Waals surface area contributed by atoms with Gasteiger partial charge in [-0.25, -0.2) is 0 Å². The maximum absolute atomic E-state index is 12.5. The summed E-state index contributed by atoms with van der Waals surface area (Å²) in [5.74, 6) is 1.67. The predicted molar refractivity (Wildman–Crippen MR) is 85.3 cm³/mol. The highest BCUT2D eigenvalue weighted by atomic mass is 32.2. The fourth-order valence-electron chi connectivity index (χ4n) is 3.03. The lowest BCUT2D eigenvalue weighted by atomic mass is 9.98. The molecule has 21 heavy (non-hydrogen) atoms. The third-order valence-electron chi connectivity index (χ3n) is 4.20. The van der Waals surface area contributed by atoms with Crippen molar-refractivity contribution in [2.75, 3.05) is 5.75 Å². The Bertz CT molecular complexity index is 478. The molecule has 0 N–H and O–H groups in total. The van der Waals surface area contributed by atoms with E-state index in [1.165, 1.54) is 18.2 Å². The first-order chi connectivity index (χ1) is 10.0. The molecular formula is C15H26N4OS. The van der Waals surface area contributed by atoms with Gasteiger partial charge in [-0.1, -0.05) is 18.7 Å². The van der Waals surface area contributed by atoms with Gasteiger partial charge in [0, 0.05) is 25.6 Å². The summed E-state index contributed by atoms with van der Waals surface area (Å²) < 4.78 is 2.00. The molecule has 2 rings (SSSR count). The van der Waals surface area contributed by atoms with Gasteiger partial charge in [0.1, 0.15) is 5.82 Å². The van der Waals surface area contributed by atoms with Crippen LogP contribution < -0.4 is 0 Å². The second-order valence-electron chi connectivity index (χ2n) is 5.93. The van der Waals surface area contributed by atoms with Crippen molar-refractivity contribution in [3.05, 3.63) is 5.82 Å². The molecule has 1 fully saturated rings. The van der Waals surface area contributed by atoms with Gasteiger partial charge in [0.2, 0.25) is 5.91 Å². The topological polar surface area (TPSA) is 51.0 Å². The third-order valence-corrected chi connectivity index (χ3v) is 5.21. The van der Waals surface area contributed by atoms with E-state index in [-0.39, 0.29) is 5.91 Å². The van der Waals surface area contributed by atoms with E-state index in [1.54, 1.807) is 0 Å². The lowest BCUT2D eigenvalue weighted by molar-refractivity contribution is -0.134. The molecule has 0 spiro atoms. The Morgan fingerprint density at radius 1 is 1.29 bits per heavy atom. The van der Waals surface area contributed by atoms with E-state index < -0.39 is 0 Å². The van der Waals surface area contributed by atoms with Gasteiger partial charge in [0.05, 0.1) is 5.75 Å². The van der Waals surface area contributed by atoms with Gasteiger partial charge < -0.3 is 9.47 Å². The molecule has 1 aliphatic heterocycles. The summed E-state index contributed by atoms with van der Waals surface area (Å²) in [7, 11) is 1.98. The van der Waals surface area contributed by atoms with Crippen LogP contribution in [0.15, 0.2) is 5.16 Å². The van der Waals surface area contributed by atoms with Crippen molar-refractivity contribution in [3.63, 3.8) is 0 Å². The number of thioether (sulfide) groups is 1. The van der Waals surface area contributed by atoms with Crippen molar-refractivity contribution in [1.29, 1.82) is 0 Å². The highest BCUT2D eigenvalue weighted by molar-refractivity contribution is 7.99. The molecule has 0 bridgehead atoms. The third kappa shape index (κ3) is 3.78. The van der Waals surface area contributed by atoms with Crippen molar-refractivity contribution in [2.24, 2.45) is 7.05 Å². The van der Waals surface area contributed by atoms with Crippen molar-refractivity contribution in [2.45, 2.75) is 70.1 Å². The zero-order chi connectivity index (χ0) is 15.4.